The van der Waals surface area contributed by atoms with E-state index < -0.39 is 5.97 Å². The lowest BCUT2D eigenvalue weighted by atomic mass is 10.2. The number of benzene rings is 1. The van der Waals surface area contributed by atoms with Gasteiger partial charge in [-0.15, -0.1) is 11.3 Å². The van der Waals surface area contributed by atoms with Gasteiger partial charge in [0.1, 0.15) is 9.71 Å². The van der Waals surface area contributed by atoms with E-state index in [-0.39, 0.29) is 18.0 Å². The van der Waals surface area contributed by atoms with Gasteiger partial charge in [0.15, 0.2) is 5.82 Å². The van der Waals surface area contributed by atoms with Crippen molar-refractivity contribution in [3.05, 3.63) is 62.5 Å². The lowest BCUT2D eigenvalue weighted by molar-refractivity contribution is 0.0531. The Morgan fingerprint density at radius 1 is 1.36 bits per heavy atom. The van der Waals surface area contributed by atoms with Crippen LogP contribution in [0.5, 0.6) is 0 Å². The molecule has 0 aliphatic rings. The summed E-state index contributed by atoms with van der Waals surface area (Å²) >= 11 is 7.45. The third-order valence-corrected chi connectivity index (χ3v) is 5.03. The van der Waals surface area contributed by atoms with Gasteiger partial charge in [0, 0.05) is 0 Å². The Balaban J connectivity index is 2.09. The van der Waals surface area contributed by atoms with Crippen LogP contribution >= 0.6 is 22.9 Å². The molecule has 0 atom stereocenters. The van der Waals surface area contributed by atoms with Crippen molar-refractivity contribution in [2.24, 2.45) is 0 Å². The summed E-state index contributed by atoms with van der Waals surface area (Å²) < 4.78 is 5.03. The SMILES string of the molecule is CCOC(=O)c1sc2nc(/C(Cl)=C/c3ccccc3)[nH]c(=O)c2c1C. The van der Waals surface area contributed by atoms with Gasteiger partial charge in [-0.05, 0) is 31.1 Å². The summed E-state index contributed by atoms with van der Waals surface area (Å²) in [7, 11) is 0. The smallest absolute Gasteiger partial charge is 0.348 e. The number of aryl methyl sites for hydroxylation is 1. The molecular weight excluding hydrogens is 360 g/mol. The van der Waals surface area contributed by atoms with E-state index in [1.54, 1.807) is 19.9 Å². The number of aromatic nitrogens is 2. The molecule has 7 heteroatoms. The number of carbonyl (C=O) groups excluding carboxylic acids is 1. The number of rotatable bonds is 4. The lowest BCUT2D eigenvalue weighted by Crippen LogP contribution is -2.10. The summed E-state index contributed by atoms with van der Waals surface area (Å²) in [5.74, 6) is -0.186. The van der Waals surface area contributed by atoms with E-state index in [1.165, 1.54) is 0 Å². The molecule has 3 rings (SSSR count). The zero-order valence-electron chi connectivity index (χ0n) is 13.6. The highest BCUT2D eigenvalue weighted by Gasteiger charge is 2.20. The molecule has 2 aromatic heterocycles. The largest absolute Gasteiger partial charge is 0.462 e. The highest BCUT2D eigenvalue weighted by Crippen LogP contribution is 2.29. The number of esters is 1. The Kier molecular flexibility index (Phi) is 5.01. The number of nitrogens with zero attached hydrogens (tertiary/aromatic N) is 1. The Bertz CT molecular complexity index is 1020. The van der Waals surface area contributed by atoms with Crippen LogP contribution in [-0.4, -0.2) is 22.5 Å². The molecule has 0 aliphatic carbocycles. The van der Waals surface area contributed by atoms with Gasteiger partial charge in [0.2, 0.25) is 0 Å². The monoisotopic (exact) mass is 374 g/mol. The van der Waals surface area contributed by atoms with Gasteiger partial charge >= 0.3 is 5.97 Å². The molecule has 0 saturated heterocycles. The van der Waals surface area contributed by atoms with Crippen LogP contribution in [0.25, 0.3) is 21.3 Å². The molecule has 1 N–H and O–H groups in total. The van der Waals surface area contributed by atoms with Crippen LogP contribution in [0.1, 0.15) is 33.5 Å². The quantitative estimate of drug-likeness (QED) is 0.694. The first-order valence-electron chi connectivity index (χ1n) is 7.64. The first-order chi connectivity index (χ1) is 12.0. The average Bonchev–Trinajstić information content (AvgIpc) is 2.93. The van der Waals surface area contributed by atoms with Crippen LogP contribution in [0.2, 0.25) is 0 Å². The number of hydrogen-bond donors (Lipinski definition) is 1. The summed E-state index contributed by atoms with van der Waals surface area (Å²) in [6.07, 6.45) is 1.72. The van der Waals surface area contributed by atoms with Crippen molar-refractivity contribution in [1.29, 1.82) is 0 Å². The van der Waals surface area contributed by atoms with E-state index in [0.29, 0.717) is 25.7 Å². The standard InChI is InChI=1S/C18H15ClN2O3S/c1-3-24-18(23)14-10(2)13-16(22)20-15(21-17(13)25-14)12(19)9-11-7-5-4-6-8-11/h4-9H,3H2,1-2H3,(H,20,21,22)/b12-9-. The Morgan fingerprint density at radius 3 is 2.76 bits per heavy atom. The molecule has 0 saturated carbocycles. The predicted octanol–water partition coefficient (Wildman–Crippen LogP) is 4.21. The van der Waals surface area contributed by atoms with Gasteiger partial charge in [-0.2, -0.15) is 0 Å². The number of hydrogen-bond acceptors (Lipinski definition) is 5. The topological polar surface area (TPSA) is 72.0 Å². The number of carbonyl (C=O) groups is 1. The predicted molar refractivity (Wildman–Crippen MR) is 101 cm³/mol. The molecule has 0 spiro atoms. The number of nitrogens with one attached hydrogen (secondary N) is 1. The number of ether oxygens (including phenoxy) is 1. The maximum Gasteiger partial charge on any atom is 0.348 e. The van der Waals surface area contributed by atoms with Gasteiger partial charge in [-0.1, -0.05) is 41.9 Å². The first-order valence-corrected chi connectivity index (χ1v) is 8.84. The number of aromatic amines is 1. The maximum atomic E-state index is 12.4. The van der Waals surface area contributed by atoms with Crippen LogP contribution in [0, 0.1) is 6.92 Å². The second kappa shape index (κ2) is 7.21. The molecule has 0 radical (unpaired) electrons. The molecule has 0 unspecified atom stereocenters. The molecule has 2 heterocycles. The molecule has 25 heavy (non-hydrogen) atoms. The Hall–Kier alpha value is -2.44. The summed E-state index contributed by atoms with van der Waals surface area (Å²) in [6.45, 7) is 3.72. The van der Waals surface area contributed by atoms with E-state index in [9.17, 15) is 9.59 Å². The highest BCUT2D eigenvalue weighted by molar-refractivity contribution is 7.20. The minimum absolute atomic E-state index is 0.264. The summed E-state index contributed by atoms with van der Waals surface area (Å²) in [4.78, 5) is 32.4. The van der Waals surface area contributed by atoms with Gasteiger partial charge < -0.3 is 9.72 Å². The molecule has 128 valence electrons. The van der Waals surface area contributed by atoms with E-state index in [2.05, 4.69) is 9.97 Å². The van der Waals surface area contributed by atoms with Gasteiger partial charge in [-0.3, -0.25) is 4.79 Å². The zero-order valence-corrected chi connectivity index (χ0v) is 15.2. The maximum absolute atomic E-state index is 12.4. The molecule has 5 nitrogen and oxygen atoms in total. The molecule has 0 amide bonds. The molecule has 1 aromatic carbocycles. The van der Waals surface area contributed by atoms with Crippen LogP contribution in [0.15, 0.2) is 35.1 Å². The van der Waals surface area contributed by atoms with Crippen molar-refractivity contribution in [3.63, 3.8) is 0 Å². The van der Waals surface area contributed by atoms with Crippen molar-refractivity contribution >= 4 is 50.2 Å². The Morgan fingerprint density at radius 2 is 2.08 bits per heavy atom. The van der Waals surface area contributed by atoms with Gasteiger partial charge in [0.05, 0.1) is 17.0 Å². The molecule has 0 bridgehead atoms. The fraction of sp³-hybridized carbons (Fsp3) is 0.167. The second-order valence-electron chi connectivity index (χ2n) is 5.27. The van der Waals surface area contributed by atoms with E-state index in [1.807, 2.05) is 30.3 Å². The van der Waals surface area contributed by atoms with E-state index in [0.717, 1.165) is 16.9 Å². The third kappa shape index (κ3) is 3.50. The third-order valence-electron chi connectivity index (χ3n) is 3.58. The highest BCUT2D eigenvalue weighted by atomic mass is 35.5. The summed E-state index contributed by atoms with van der Waals surface area (Å²) in [6, 6.07) is 9.48. The van der Waals surface area contributed by atoms with Crippen LogP contribution in [0.3, 0.4) is 0 Å². The molecule has 0 aliphatic heterocycles. The fourth-order valence-corrected chi connectivity index (χ4v) is 3.70. The minimum atomic E-state index is -0.449. The number of thiophene rings is 1. The van der Waals surface area contributed by atoms with Crippen LogP contribution in [-0.2, 0) is 4.74 Å². The van der Waals surface area contributed by atoms with E-state index in [4.69, 9.17) is 16.3 Å². The van der Waals surface area contributed by atoms with Crippen molar-refractivity contribution in [1.82, 2.24) is 9.97 Å². The minimum Gasteiger partial charge on any atom is -0.462 e. The molecular formula is C18H15ClN2O3S. The van der Waals surface area contributed by atoms with Crippen LogP contribution in [0.4, 0.5) is 0 Å². The summed E-state index contributed by atoms with van der Waals surface area (Å²) in [5.41, 5.74) is 1.13. The van der Waals surface area contributed by atoms with Crippen molar-refractivity contribution in [3.8, 4) is 0 Å². The number of halogens is 1. The van der Waals surface area contributed by atoms with Gasteiger partial charge in [0.25, 0.3) is 5.56 Å². The van der Waals surface area contributed by atoms with Crippen molar-refractivity contribution in [2.45, 2.75) is 13.8 Å². The summed E-state index contributed by atoms with van der Waals surface area (Å²) in [5, 5.41) is 0.704. The van der Waals surface area contributed by atoms with Crippen molar-refractivity contribution < 1.29 is 9.53 Å². The lowest BCUT2D eigenvalue weighted by Gasteiger charge is -2.00. The average molecular weight is 375 g/mol. The normalized spacial score (nSPS) is 11.7. The van der Waals surface area contributed by atoms with Crippen molar-refractivity contribution in [2.75, 3.05) is 6.61 Å². The number of H-pyrrole nitrogens is 1. The van der Waals surface area contributed by atoms with E-state index >= 15 is 0 Å². The number of fused-ring (bicyclic) bond motifs is 1. The fourth-order valence-electron chi connectivity index (χ4n) is 2.41. The van der Waals surface area contributed by atoms with Gasteiger partial charge in [-0.25, -0.2) is 9.78 Å². The molecule has 3 aromatic rings. The first kappa shape index (κ1) is 17.4. The second-order valence-corrected chi connectivity index (χ2v) is 6.68. The molecule has 0 fully saturated rings. The Labute approximate surface area is 152 Å². The zero-order chi connectivity index (χ0) is 18.0. The van der Waals surface area contributed by atoms with Crippen LogP contribution < -0.4 is 5.56 Å².